The predicted molar refractivity (Wildman–Crippen MR) is 84.1 cm³/mol. The van der Waals surface area contributed by atoms with E-state index < -0.39 is 0 Å². The minimum Gasteiger partial charge on any atom is -0.336 e. The second-order valence-corrected chi connectivity index (χ2v) is 5.87. The SMILES string of the molecule is Cc1ccccc1-n1ccnc1SCC(=O)N1CCNC1=O. The monoisotopic (exact) mass is 316 g/mol. The van der Waals surface area contributed by atoms with Gasteiger partial charge in [0.15, 0.2) is 5.16 Å². The number of nitrogens with zero attached hydrogens (tertiary/aromatic N) is 3. The fourth-order valence-corrected chi connectivity index (χ4v) is 3.17. The lowest BCUT2D eigenvalue weighted by atomic mass is 10.2. The minimum atomic E-state index is -0.312. The number of aromatic nitrogens is 2. The molecule has 1 N–H and O–H groups in total. The van der Waals surface area contributed by atoms with E-state index in [9.17, 15) is 9.59 Å². The van der Waals surface area contributed by atoms with E-state index in [-0.39, 0.29) is 17.7 Å². The second-order valence-electron chi connectivity index (χ2n) is 4.93. The summed E-state index contributed by atoms with van der Waals surface area (Å²) in [6, 6.07) is 7.68. The van der Waals surface area contributed by atoms with Gasteiger partial charge in [-0.05, 0) is 18.6 Å². The first-order valence-corrected chi connectivity index (χ1v) is 7.96. The number of urea groups is 1. The molecular weight excluding hydrogens is 300 g/mol. The van der Waals surface area contributed by atoms with Crippen molar-refractivity contribution >= 4 is 23.7 Å². The van der Waals surface area contributed by atoms with Crippen LogP contribution in [0.2, 0.25) is 0 Å². The number of imidazole rings is 1. The zero-order chi connectivity index (χ0) is 15.5. The highest BCUT2D eigenvalue weighted by molar-refractivity contribution is 7.99. The molecule has 0 atom stereocenters. The smallest absolute Gasteiger partial charge is 0.324 e. The molecule has 7 heteroatoms. The lowest BCUT2D eigenvalue weighted by molar-refractivity contribution is -0.124. The third-order valence-electron chi connectivity index (χ3n) is 3.46. The van der Waals surface area contributed by atoms with Gasteiger partial charge in [0, 0.05) is 25.5 Å². The van der Waals surface area contributed by atoms with Gasteiger partial charge in [-0.2, -0.15) is 0 Å². The highest BCUT2D eigenvalue weighted by atomic mass is 32.2. The highest BCUT2D eigenvalue weighted by Gasteiger charge is 2.26. The van der Waals surface area contributed by atoms with Crippen molar-refractivity contribution in [1.29, 1.82) is 0 Å². The topological polar surface area (TPSA) is 67.2 Å². The van der Waals surface area contributed by atoms with Gasteiger partial charge in [-0.15, -0.1) is 0 Å². The molecule has 0 aliphatic carbocycles. The van der Waals surface area contributed by atoms with Gasteiger partial charge < -0.3 is 5.32 Å². The molecule has 1 aliphatic heterocycles. The Kier molecular flexibility index (Phi) is 4.15. The van der Waals surface area contributed by atoms with E-state index in [1.165, 1.54) is 16.7 Å². The van der Waals surface area contributed by atoms with Crippen LogP contribution in [0.15, 0.2) is 41.8 Å². The van der Waals surface area contributed by atoms with Crippen LogP contribution in [0, 0.1) is 6.92 Å². The molecule has 1 aromatic carbocycles. The summed E-state index contributed by atoms with van der Waals surface area (Å²) in [5.74, 6) is -0.00427. The Balaban J connectivity index is 1.72. The molecule has 1 aromatic heterocycles. The maximum Gasteiger partial charge on any atom is 0.324 e. The number of carbonyl (C=O) groups excluding carboxylic acids is 2. The van der Waals surface area contributed by atoms with Crippen LogP contribution in [0.4, 0.5) is 4.79 Å². The second kappa shape index (κ2) is 6.23. The lowest BCUT2D eigenvalue weighted by Crippen LogP contribution is -2.35. The number of carbonyl (C=O) groups is 2. The first-order chi connectivity index (χ1) is 10.7. The average Bonchev–Trinajstić information content (AvgIpc) is 3.14. The van der Waals surface area contributed by atoms with Crippen molar-refractivity contribution in [3.05, 3.63) is 42.2 Å². The Morgan fingerprint density at radius 1 is 1.41 bits per heavy atom. The van der Waals surface area contributed by atoms with Crippen LogP contribution >= 0.6 is 11.8 Å². The van der Waals surface area contributed by atoms with E-state index >= 15 is 0 Å². The number of benzene rings is 1. The van der Waals surface area contributed by atoms with Gasteiger partial charge in [-0.3, -0.25) is 14.3 Å². The number of imide groups is 1. The molecule has 1 fully saturated rings. The summed E-state index contributed by atoms with van der Waals surface area (Å²) in [4.78, 5) is 29.1. The van der Waals surface area contributed by atoms with Crippen LogP contribution in [-0.4, -0.2) is 45.2 Å². The molecule has 2 aromatic rings. The van der Waals surface area contributed by atoms with E-state index in [2.05, 4.69) is 10.3 Å². The third-order valence-corrected chi connectivity index (χ3v) is 4.42. The Bertz CT molecular complexity index is 713. The molecule has 0 spiro atoms. The van der Waals surface area contributed by atoms with E-state index in [1.54, 1.807) is 6.20 Å². The van der Waals surface area contributed by atoms with Crippen molar-refractivity contribution in [3.8, 4) is 5.69 Å². The first-order valence-electron chi connectivity index (χ1n) is 6.97. The molecule has 3 rings (SSSR count). The fourth-order valence-electron chi connectivity index (χ4n) is 2.33. The highest BCUT2D eigenvalue weighted by Crippen LogP contribution is 2.23. The minimum absolute atomic E-state index is 0.191. The van der Waals surface area contributed by atoms with Crippen molar-refractivity contribution in [2.45, 2.75) is 12.1 Å². The van der Waals surface area contributed by atoms with Gasteiger partial charge in [-0.1, -0.05) is 30.0 Å². The zero-order valence-corrected chi connectivity index (χ0v) is 13.0. The maximum absolute atomic E-state index is 12.1. The van der Waals surface area contributed by atoms with Gasteiger partial charge in [0.2, 0.25) is 5.91 Å². The number of nitrogens with one attached hydrogen (secondary N) is 1. The van der Waals surface area contributed by atoms with Crippen LogP contribution in [0.1, 0.15) is 5.56 Å². The molecular formula is C15H16N4O2S. The van der Waals surface area contributed by atoms with Crippen molar-refractivity contribution in [3.63, 3.8) is 0 Å². The van der Waals surface area contributed by atoms with Crippen LogP contribution < -0.4 is 5.32 Å². The molecule has 6 nitrogen and oxygen atoms in total. The quantitative estimate of drug-likeness (QED) is 0.874. The number of hydrogen-bond donors (Lipinski definition) is 1. The summed E-state index contributed by atoms with van der Waals surface area (Å²) in [6.07, 6.45) is 3.58. The van der Waals surface area contributed by atoms with Crippen LogP contribution in [-0.2, 0) is 4.79 Å². The molecule has 0 bridgehead atoms. The molecule has 2 heterocycles. The summed E-state index contributed by atoms with van der Waals surface area (Å²) in [6.45, 7) is 2.99. The van der Waals surface area contributed by atoms with Crippen molar-refractivity contribution in [1.82, 2.24) is 19.8 Å². The molecule has 22 heavy (non-hydrogen) atoms. The number of aryl methyl sites for hydroxylation is 1. The normalized spacial score (nSPS) is 14.2. The maximum atomic E-state index is 12.1. The van der Waals surface area contributed by atoms with Crippen LogP contribution in [0.3, 0.4) is 0 Å². The number of thioether (sulfide) groups is 1. The molecule has 114 valence electrons. The zero-order valence-electron chi connectivity index (χ0n) is 12.2. The first kappa shape index (κ1) is 14.6. The summed E-state index contributed by atoms with van der Waals surface area (Å²) >= 11 is 1.33. The summed E-state index contributed by atoms with van der Waals surface area (Å²) in [7, 11) is 0. The van der Waals surface area contributed by atoms with Crippen molar-refractivity contribution in [2.24, 2.45) is 0 Å². The van der Waals surface area contributed by atoms with E-state index in [1.807, 2.05) is 42.0 Å². The van der Waals surface area contributed by atoms with Crippen LogP contribution in [0.5, 0.6) is 0 Å². The molecule has 1 saturated heterocycles. The van der Waals surface area contributed by atoms with Crippen molar-refractivity contribution in [2.75, 3.05) is 18.8 Å². The van der Waals surface area contributed by atoms with Gasteiger partial charge in [0.25, 0.3) is 0 Å². The Morgan fingerprint density at radius 3 is 2.95 bits per heavy atom. The standard InChI is InChI=1S/C15H16N4O2S/c1-11-4-2-3-5-12(11)18-8-7-17-15(18)22-10-13(20)19-9-6-16-14(19)21/h2-5,7-8H,6,9-10H2,1H3,(H,16,21). The number of para-hydroxylation sites is 1. The van der Waals surface area contributed by atoms with Gasteiger partial charge in [0.1, 0.15) is 0 Å². The summed E-state index contributed by atoms with van der Waals surface area (Å²) in [5, 5.41) is 3.36. The third kappa shape index (κ3) is 2.85. The van der Waals surface area contributed by atoms with Gasteiger partial charge in [0.05, 0.1) is 11.4 Å². The molecule has 0 radical (unpaired) electrons. The summed E-state index contributed by atoms with van der Waals surface area (Å²) < 4.78 is 1.96. The Morgan fingerprint density at radius 2 is 2.23 bits per heavy atom. The predicted octanol–water partition coefficient (Wildman–Crippen LogP) is 1.82. The Labute approximate surface area is 132 Å². The van der Waals surface area contributed by atoms with Gasteiger partial charge >= 0.3 is 6.03 Å². The summed E-state index contributed by atoms with van der Waals surface area (Å²) in [5.41, 5.74) is 2.17. The Hall–Kier alpha value is -2.28. The van der Waals surface area contributed by atoms with Gasteiger partial charge in [-0.25, -0.2) is 9.78 Å². The van der Waals surface area contributed by atoms with E-state index in [0.717, 1.165) is 16.4 Å². The molecule has 1 aliphatic rings. The fraction of sp³-hybridized carbons (Fsp3) is 0.267. The van der Waals surface area contributed by atoms with Crippen LogP contribution in [0.25, 0.3) is 5.69 Å². The molecule has 3 amide bonds. The lowest BCUT2D eigenvalue weighted by Gasteiger charge is -2.13. The molecule has 0 saturated carbocycles. The van der Waals surface area contributed by atoms with Crippen molar-refractivity contribution < 1.29 is 9.59 Å². The number of rotatable bonds is 4. The largest absolute Gasteiger partial charge is 0.336 e. The van der Waals surface area contributed by atoms with E-state index in [4.69, 9.17) is 0 Å². The average molecular weight is 316 g/mol. The van der Waals surface area contributed by atoms with E-state index in [0.29, 0.717) is 13.1 Å². The number of hydrogen-bond acceptors (Lipinski definition) is 4. The number of amides is 3. The molecule has 0 unspecified atom stereocenters.